The van der Waals surface area contributed by atoms with Crippen molar-refractivity contribution in [2.75, 3.05) is 6.61 Å². The van der Waals surface area contributed by atoms with Gasteiger partial charge in [0.2, 0.25) is 0 Å². The maximum atomic E-state index is 12.3. The molecule has 1 unspecified atom stereocenters. The first kappa shape index (κ1) is 12.3. The fourth-order valence-corrected chi connectivity index (χ4v) is 0.392. The van der Waals surface area contributed by atoms with Crippen LogP contribution in [0.2, 0.25) is 0 Å². The zero-order chi connectivity index (χ0) is 10.7. The molecule has 1 N–H and O–H groups in total. The van der Waals surface area contributed by atoms with Crippen molar-refractivity contribution in [3.63, 3.8) is 0 Å². The van der Waals surface area contributed by atoms with Gasteiger partial charge in [0.15, 0.2) is 0 Å². The molecule has 0 bridgehead atoms. The third-order valence-corrected chi connectivity index (χ3v) is 1.08. The Morgan fingerprint density at radius 1 is 1.38 bits per heavy atom. The number of rotatable bonds is 5. The summed E-state index contributed by atoms with van der Waals surface area (Å²) >= 11 is 0. The first-order valence-electron chi connectivity index (χ1n) is 3.07. The molecule has 0 aliphatic rings. The summed E-state index contributed by atoms with van der Waals surface area (Å²) in [6.45, 7) is 2.09. The van der Waals surface area contributed by atoms with Crippen molar-refractivity contribution < 1.29 is 31.8 Å². The lowest BCUT2D eigenvalue weighted by molar-refractivity contribution is -0.396. The van der Waals surface area contributed by atoms with E-state index in [2.05, 4.69) is 11.3 Å². The average Bonchev–Trinajstić information content (AvgIpc) is 2.00. The molecular formula is C6H7F5O2. The fourth-order valence-electron chi connectivity index (χ4n) is 0.392. The lowest BCUT2D eigenvalue weighted by Gasteiger charge is -2.26. The van der Waals surface area contributed by atoms with Gasteiger partial charge in [0.25, 0.3) is 0 Å². The summed E-state index contributed by atoms with van der Waals surface area (Å²) in [5, 5.41) is 8.02. The molecule has 0 aromatic carbocycles. The number of aliphatic hydroxyl groups is 1. The topological polar surface area (TPSA) is 29.5 Å². The van der Waals surface area contributed by atoms with Crippen molar-refractivity contribution in [2.45, 2.75) is 18.4 Å². The molecule has 0 aliphatic carbocycles. The van der Waals surface area contributed by atoms with Gasteiger partial charge in [-0.05, 0) is 0 Å². The highest BCUT2D eigenvalue weighted by Gasteiger charge is 2.62. The van der Waals surface area contributed by atoms with E-state index in [9.17, 15) is 22.0 Å². The van der Waals surface area contributed by atoms with Crippen LogP contribution in [0.25, 0.3) is 0 Å². The van der Waals surface area contributed by atoms with Gasteiger partial charge in [0.05, 0.1) is 6.61 Å². The molecule has 2 nitrogen and oxygen atoms in total. The largest absolute Gasteiger partial charge is 0.420 e. The van der Waals surface area contributed by atoms with Gasteiger partial charge in [-0.25, -0.2) is 8.78 Å². The molecule has 0 heterocycles. The Morgan fingerprint density at radius 3 is 2.15 bits per heavy atom. The number of hydrogen-bond acceptors (Lipinski definition) is 2. The lowest BCUT2D eigenvalue weighted by atomic mass is 10.3. The van der Waals surface area contributed by atoms with Gasteiger partial charge >= 0.3 is 18.4 Å². The first-order chi connectivity index (χ1) is 5.75. The Hall–Kier alpha value is -0.690. The van der Waals surface area contributed by atoms with Crippen LogP contribution >= 0.6 is 0 Å². The monoisotopic (exact) mass is 206 g/mol. The molecular weight excluding hydrogens is 199 g/mol. The third kappa shape index (κ3) is 2.63. The van der Waals surface area contributed by atoms with Crippen molar-refractivity contribution >= 4 is 0 Å². The van der Waals surface area contributed by atoms with Gasteiger partial charge in [0, 0.05) is 0 Å². The highest BCUT2D eigenvalue weighted by Crippen LogP contribution is 2.36. The van der Waals surface area contributed by atoms with Crippen LogP contribution < -0.4 is 0 Å². The minimum absolute atomic E-state index is 0.801. The molecule has 0 saturated carbocycles. The Labute approximate surface area is 70.6 Å². The van der Waals surface area contributed by atoms with E-state index in [0.29, 0.717) is 0 Å². The lowest BCUT2D eigenvalue weighted by Crippen LogP contribution is -2.51. The summed E-state index contributed by atoms with van der Waals surface area (Å²) < 4.78 is 63.1. The molecule has 0 spiro atoms. The van der Waals surface area contributed by atoms with Crippen LogP contribution in [0.3, 0.4) is 0 Å². The zero-order valence-corrected chi connectivity index (χ0v) is 6.31. The fraction of sp³-hybridized carbons (Fsp3) is 0.667. The van der Waals surface area contributed by atoms with E-state index in [4.69, 9.17) is 5.11 Å². The molecule has 0 fully saturated rings. The predicted octanol–water partition coefficient (Wildman–Crippen LogP) is 1.71. The number of ether oxygens (including phenoxy) is 1. The third-order valence-electron chi connectivity index (χ3n) is 1.08. The van der Waals surface area contributed by atoms with Crippen molar-refractivity contribution in [1.82, 2.24) is 0 Å². The summed E-state index contributed by atoms with van der Waals surface area (Å²) in [6.07, 6.45) is -8.42. The van der Waals surface area contributed by atoms with Crippen molar-refractivity contribution in [3.8, 4) is 0 Å². The van der Waals surface area contributed by atoms with E-state index in [1.807, 2.05) is 0 Å². The van der Waals surface area contributed by atoms with E-state index in [-0.39, 0.29) is 0 Å². The summed E-state index contributed by atoms with van der Waals surface area (Å²) in [5.41, 5.74) is 0. The van der Waals surface area contributed by atoms with Gasteiger partial charge in [-0.2, -0.15) is 13.2 Å². The second-order valence-corrected chi connectivity index (χ2v) is 2.09. The Kier molecular flexibility index (Phi) is 3.80. The number of hydrogen-bond donors (Lipinski definition) is 1. The molecule has 0 aromatic rings. The predicted molar refractivity (Wildman–Crippen MR) is 33.2 cm³/mol. The van der Waals surface area contributed by atoms with Crippen LogP contribution in [0.4, 0.5) is 22.0 Å². The van der Waals surface area contributed by atoms with Crippen LogP contribution in [0.5, 0.6) is 0 Å². The van der Waals surface area contributed by atoms with Crippen molar-refractivity contribution in [3.05, 3.63) is 12.7 Å². The van der Waals surface area contributed by atoms with Crippen LogP contribution in [0.15, 0.2) is 12.7 Å². The minimum atomic E-state index is -4.99. The van der Waals surface area contributed by atoms with E-state index >= 15 is 0 Å². The maximum Gasteiger partial charge on any atom is 0.420 e. The van der Waals surface area contributed by atoms with Gasteiger partial charge in [-0.3, -0.25) is 0 Å². The summed E-state index contributed by atoms with van der Waals surface area (Å²) in [5.74, 6) is -4.99. The van der Waals surface area contributed by atoms with E-state index in [1.165, 1.54) is 0 Å². The Balaban J connectivity index is 4.49. The molecule has 7 heteroatoms. The normalized spacial score (nSPS) is 17.2. The molecule has 0 radical (unpaired) electrons. The smallest absolute Gasteiger partial charge is 0.351 e. The SMILES string of the molecule is C=CCOC(F)(F)C(O)(F)C(F)F. The van der Waals surface area contributed by atoms with Gasteiger partial charge in [-0.1, -0.05) is 6.08 Å². The van der Waals surface area contributed by atoms with Gasteiger partial charge < -0.3 is 9.84 Å². The van der Waals surface area contributed by atoms with Gasteiger partial charge in [0.1, 0.15) is 0 Å². The molecule has 13 heavy (non-hydrogen) atoms. The second kappa shape index (κ2) is 4.01. The second-order valence-electron chi connectivity index (χ2n) is 2.09. The highest BCUT2D eigenvalue weighted by molar-refractivity contribution is 4.80. The molecule has 0 aromatic heterocycles. The van der Waals surface area contributed by atoms with Crippen LogP contribution in [0.1, 0.15) is 0 Å². The summed E-state index contributed by atoms with van der Waals surface area (Å²) in [4.78, 5) is 0. The molecule has 0 amide bonds. The van der Waals surface area contributed by atoms with Crippen LogP contribution in [-0.2, 0) is 4.74 Å². The van der Waals surface area contributed by atoms with E-state index in [0.717, 1.165) is 6.08 Å². The Bertz CT molecular complexity index is 180. The van der Waals surface area contributed by atoms with E-state index < -0.39 is 25.0 Å². The molecule has 0 rings (SSSR count). The van der Waals surface area contributed by atoms with Crippen LogP contribution in [-0.4, -0.2) is 30.1 Å². The van der Waals surface area contributed by atoms with Crippen LogP contribution in [0, 0.1) is 0 Å². The minimum Gasteiger partial charge on any atom is -0.351 e. The quantitative estimate of drug-likeness (QED) is 0.548. The number of alkyl halides is 5. The molecule has 1 atom stereocenters. The van der Waals surface area contributed by atoms with Crippen molar-refractivity contribution in [2.24, 2.45) is 0 Å². The highest BCUT2D eigenvalue weighted by atomic mass is 19.3. The Morgan fingerprint density at radius 2 is 1.85 bits per heavy atom. The number of halogens is 5. The van der Waals surface area contributed by atoms with E-state index in [1.54, 1.807) is 0 Å². The van der Waals surface area contributed by atoms with Gasteiger partial charge in [-0.15, -0.1) is 6.58 Å². The summed E-state index contributed by atoms with van der Waals surface area (Å²) in [6, 6.07) is 0. The standard InChI is InChI=1S/C6H7F5O2/c1-2-3-13-6(10,11)5(9,12)4(7)8/h2,4,12H,1,3H2. The molecule has 0 aliphatic heterocycles. The molecule has 0 saturated heterocycles. The van der Waals surface area contributed by atoms with Crippen molar-refractivity contribution in [1.29, 1.82) is 0 Å². The average molecular weight is 206 g/mol. The first-order valence-corrected chi connectivity index (χ1v) is 3.07. The molecule has 78 valence electrons. The zero-order valence-electron chi connectivity index (χ0n) is 6.31. The maximum absolute atomic E-state index is 12.3. The summed E-state index contributed by atoms with van der Waals surface area (Å²) in [7, 11) is 0.